The third-order valence-electron chi connectivity index (χ3n) is 2.32. The second kappa shape index (κ2) is 8.11. The molecule has 0 aliphatic heterocycles. The van der Waals surface area contributed by atoms with Gasteiger partial charge in [-0.1, -0.05) is 42.5 Å². The van der Waals surface area contributed by atoms with Crippen LogP contribution in [0.1, 0.15) is 26.3 Å². The minimum absolute atomic E-state index is 0.365. The Morgan fingerprint density at radius 2 is 1.74 bits per heavy atom. The molecule has 0 aromatic heterocycles. The maximum absolute atomic E-state index is 12.3. The van der Waals surface area contributed by atoms with Crippen molar-refractivity contribution in [3.8, 4) is 0 Å². The lowest BCUT2D eigenvalue weighted by Gasteiger charge is -2.13. The average molecular weight is 280 g/mol. The Bertz CT molecular complexity index is 467. The lowest BCUT2D eigenvalue weighted by molar-refractivity contribution is 0.229. The summed E-state index contributed by atoms with van der Waals surface area (Å²) in [5.74, 6) is 1.57. The summed E-state index contributed by atoms with van der Waals surface area (Å²) >= 11 is 0. The van der Waals surface area contributed by atoms with Crippen molar-refractivity contribution in [3.63, 3.8) is 0 Å². The Morgan fingerprint density at radius 3 is 2.26 bits per heavy atom. The van der Waals surface area contributed by atoms with Crippen LogP contribution < -0.4 is 0 Å². The average Bonchev–Trinajstić information content (AvgIpc) is 2.38. The van der Waals surface area contributed by atoms with Crippen molar-refractivity contribution in [2.24, 2.45) is 0 Å². The molecule has 0 fully saturated rings. The maximum Gasteiger partial charge on any atom is 0.354 e. The normalized spacial score (nSPS) is 13.1. The van der Waals surface area contributed by atoms with Crippen molar-refractivity contribution < 1.29 is 13.6 Å². The molecule has 0 spiro atoms. The van der Waals surface area contributed by atoms with Crippen LogP contribution in [0.2, 0.25) is 0 Å². The topological polar surface area (TPSA) is 35.5 Å². The van der Waals surface area contributed by atoms with Gasteiger partial charge in [-0.15, -0.1) is 0 Å². The van der Waals surface area contributed by atoms with Crippen molar-refractivity contribution >= 4 is 13.7 Å². The fourth-order valence-electron chi connectivity index (χ4n) is 1.56. The summed E-state index contributed by atoms with van der Waals surface area (Å²) in [5.41, 5.74) is 1.95. The SMILES string of the molecule is CCOP(=O)(/C=C(C)/C=C/c1ccccc1)OCC. The highest BCUT2D eigenvalue weighted by Gasteiger charge is 2.19. The maximum atomic E-state index is 12.3. The number of hydrogen-bond acceptors (Lipinski definition) is 3. The molecule has 0 aliphatic rings. The molecular formula is C15H21O3P. The zero-order valence-electron chi connectivity index (χ0n) is 11.7. The van der Waals surface area contributed by atoms with Gasteiger partial charge in [-0.05, 0) is 31.9 Å². The van der Waals surface area contributed by atoms with Gasteiger partial charge in [0.25, 0.3) is 0 Å². The van der Waals surface area contributed by atoms with E-state index in [1.54, 1.807) is 19.7 Å². The summed E-state index contributed by atoms with van der Waals surface area (Å²) < 4.78 is 22.7. The van der Waals surface area contributed by atoms with Gasteiger partial charge in [0.05, 0.1) is 13.2 Å². The fourth-order valence-corrected chi connectivity index (χ4v) is 3.08. The van der Waals surface area contributed by atoms with Crippen LogP contribution in [0.5, 0.6) is 0 Å². The molecule has 19 heavy (non-hydrogen) atoms. The van der Waals surface area contributed by atoms with E-state index in [0.29, 0.717) is 13.2 Å². The summed E-state index contributed by atoms with van der Waals surface area (Å²) in [4.78, 5) is 0. The van der Waals surface area contributed by atoms with E-state index in [1.165, 1.54) is 0 Å². The van der Waals surface area contributed by atoms with Crippen LogP contribution >= 0.6 is 7.60 Å². The highest BCUT2D eigenvalue weighted by Crippen LogP contribution is 2.50. The lowest BCUT2D eigenvalue weighted by atomic mass is 10.2. The van der Waals surface area contributed by atoms with Gasteiger partial charge >= 0.3 is 7.60 Å². The molecule has 0 aliphatic carbocycles. The van der Waals surface area contributed by atoms with E-state index < -0.39 is 7.60 Å². The number of benzene rings is 1. The van der Waals surface area contributed by atoms with Crippen molar-refractivity contribution in [2.45, 2.75) is 20.8 Å². The monoisotopic (exact) mass is 280 g/mol. The quantitative estimate of drug-likeness (QED) is 0.528. The van der Waals surface area contributed by atoms with Crippen LogP contribution in [0, 0.1) is 0 Å². The molecule has 3 nitrogen and oxygen atoms in total. The van der Waals surface area contributed by atoms with E-state index in [0.717, 1.165) is 11.1 Å². The highest BCUT2D eigenvalue weighted by molar-refractivity contribution is 7.57. The Kier molecular flexibility index (Phi) is 6.79. The number of rotatable bonds is 7. The lowest BCUT2D eigenvalue weighted by Crippen LogP contribution is -1.93. The van der Waals surface area contributed by atoms with E-state index in [-0.39, 0.29) is 0 Å². The van der Waals surface area contributed by atoms with Crippen LogP contribution in [0.25, 0.3) is 6.08 Å². The summed E-state index contributed by atoms with van der Waals surface area (Å²) in [6, 6.07) is 9.94. The highest BCUT2D eigenvalue weighted by atomic mass is 31.2. The van der Waals surface area contributed by atoms with Gasteiger partial charge < -0.3 is 9.05 Å². The minimum Gasteiger partial charge on any atom is -0.306 e. The van der Waals surface area contributed by atoms with Gasteiger partial charge in [0.2, 0.25) is 0 Å². The number of hydrogen-bond donors (Lipinski definition) is 0. The molecular weight excluding hydrogens is 259 g/mol. The zero-order valence-corrected chi connectivity index (χ0v) is 12.6. The van der Waals surface area contributed by atoms with Crippen LogP contribution in [0.15, 0.2) is 47.8 Å². The molecule has 0 heterocycles. The first-order valence-electron chi connectivity index (χ1n) is 6.41. The van der Waals surface area contributed by atoms with E-state index in [4.69, 9.17) is 9.05 Å². The molecule has 1 aromatic rings. The standard InChI is InChI=1S/C15H21O3P/c1-4-17-19(16,18-5-2)13-14(3)11-12-15-9-7-6-8-10-15/h6-13H,4-5H2,1-3H3/b12-11+,14-13+. The van der Waals surface area contributed by atoms with Gasteiger partial charge in [0, 0.05) is 5.82 Å². The molecule has 0 saturated heterocycles. The molecule has 0 N–H and O–H groups in total. The molecule has 0 saturated carbocycles. The first-order chi connectivity index (χ1) is 9.09. The van der Waals surface area contributed by atoms with Gasteiger partial charge in [0.15, 0.2) is 0 Å². The second-order valence-corrected chi connectivity index (χ2v) is 5.85. The molecule has 1 aromatic carbocycles. The largest absolute Gasteiger partial charge is 0.354 e. The second-order valence-electron chi connectivity index (χ2n) is 3.99. The van der Waals surface area contributed by atoms with Crippen molar-refractivity contribution in [2.75, 3.05) is 13.2 Å². The van der Waals surface area contributed by atoms with E-state index in [1.807, 2.05) is 49.4 Å². The summed E-state index contributed by atoms with van der Waals surface area (Å²) in [7, 11) is -3.11. The predicted molar refractivity (Wildman–Crippen MR) is 80.1 cm³/mol. The van der Waals surface area contributed by atoms with E-state index >= 15 is 0 Å². The molecule has 0 bridgehead atoms. The molecule has 0 radical (unpaired) electrons. The summed E-state index contributed by atoms with van der Waals surface area (Å²) in [6.45, 7) is 6.21. The van der Waals surface area contributed by atoms with Crippen molar-refractivity contribution in [3.05, 3.63) is 53.4 Å². The molecule has 0 unspecified atom stereocenters. The first-order valence-corrected chi connectivity index (χ1v) is 8.02. The van der Waals surface area contributed by atoms with Gasteiger partial charge in [-0.25, -0.2) is 0 Å². The van der Waals surface area contributed by atoms with Crippen LogP contribution in [0.3, 0.4) is 0 Å². The molecule has 1 rings (SSSR count). The van der Waals surface area contributed by atoms with Crippen LogP contribution in [-0.4, -0.2) is 13.2 Å². The summed E-state index contributed by atoms with van der Waals surface area (Å²) in [5, 5.41) is 0. The van der Waals surface area contributed by atoms with Crippen LogP contribution in [-0.2, 0) is 13.6 Å². The molecule has 104 valence electrons. The van der Waals surface area contributed by atoms with Crippen molar-refractivity contribution in [1.29, 1.82) is 0 Å². The fraction of sp³-hybridized carbons (Fsp3) is 0.333. The van der Waals surface area contributed by atoms with Gasteiger partial charge in [-0.3, -0.25) is 4.57 Å². The Labute approximate surface area is 115 Å². The zero-order chi connectivity index (χ0) is 14.1. The van der Waals surface area contributed by atoms with E-state index in [9.17, 15) is 4.57 Å². The molecule has 4 heteroatoms. The Morgan fingerprint density at radius 1 is 1.16 bits per heavy atom. The Hall–Kier alpha value is -1.15. The summed E-state index contributed by atoms with van der Waals surface area (Å²) in [6.07, 6.45) is 3.87. The molecule has 0 amide bonds. The Balaban J connectivity index is 2.80. The van der Waals surface area contributed by atoms with E-state index in [2.05, 4.69) is 0 Å². The van der Waals surface area contributed by atoms with Crippen LogP contribution in [0.4, 0.5) is 0 Å². The van der Waals surface area contributed by atoms with Crippen molar-refractivity contribution in [1.82, 2.24) is 0 Å². The molecule has 0 atom stereocenters. The van der Waals surface area contributed by atoms with Gasteiger partial charge in [-0.2, -0.15) is 0 Å². The number of allylic oxidation sites excluding steroid dienone is 2. The van der Waals surface area contributed by atoms with Gasteiger partial charge in [0.1, 0.15) is 0 Å². The minimum atomic E-state index is -3.11. The third-order valence-corrected chi connectivity index (χ3v) is 4.28. The predicted octanol–water partition coefficient (Wildman–Crippen LogP) is 4.87. The smallest absolute Gasteiger partial charge is 0.306 e. The first kappa shape index (κ1) is 15.9. The third kappa shape index (κ3) is 6.02.